The van der Waals surface area contributed by atoms with Crippen molar-refractivity contribution in [2.75, 3.05) is 12.0 Å². The highest BCUT2D eigenvalue weighted by Crippen LogP contribution is 1.97. The summed E-state index contributed by atoms with van der Waals surface area (Å²) in [6, 6.07) is -0.759. The molecule has 5 heteroatoms. The number of carbonyl (C=O) groups is 1. The standard InChI is InChI=1S/C8H13NO3S/c1-3-4-8(10)7(9)5-6-13(2,11)12/h1,7H,4-6,9H2,2H3. The van der Waals surface area contributed by atoms with E-state index in [1.54, 1.807) is 0 Å². The summed E-state index contributed by atoms with van der Waals surface area (Å²) in [4.78, 5) is 11.0. The maximum Gasteiger partial charge on any atom is 0.161 e. The fourth-order valence-electron chi connectivity index (χ4n) is 0.734. The van der Waals surface area contributed by atoms with Crippen LogP contribution in [0.25, 0.3) is 0 Å². The third-order valence-electron chi connectivity index (χ3n) is 1.49. The van der Waals surface area contributed by atoms with E-state index in [1.807, 2.05) is 0 Å². The van der Waals surface area contributed by atoms with E-state index in [2.05, 4.69) is 5.92 Å². The lowest BCUT2D eigenvalue weighted by atomic mass is 10.1. The number of sulfone groups is 1. The lowest BCUT2D eigenvalue weighted by molar-refractivity contribution is -0.119. The van der Waals surface area contributed by atoms with Gasteiger partial charge in [-0.25, -0.2) is 8.42 Å². The van der Waals surface area contributed by atoms with Gasteiger partial charge in [0.25, 0.3) is 0 Å². The first-order valence-corrected chi connectivity index (χ1v) is 5.82. The Balaban J connectivity index is 3.96. The van der Waals surface area contributed by atoms with Crippen LogP contribution in [0.1, 0.15) is 12.8 Å². The van der Waals surface area contributed by atoms with Gasteiger partial charge in [0, 0.05) is 6.26 Å². The van der Waals surface area contributed by atoms with Gasteiger partial charge in [0.05, 0.1) is 18.2 Å². The minimum absolute atomic E-state index is 0.0368. The van der Waals surface area contributed by atoms with Gasteiger partial charge in [0.15, 0.2) is 5.78 Å². The molecule has 0 rings (SSSR count). The fraction of sp³-hybridized carbons (Fsp3) is 0.625. The molecule has 0 heterocycles. The minimum atomic E-state index is -3.05. The second-order valence-electron chi connectivity index (χ2n) is 2.87. The molecule has 4 nitrogen and oxygen atoms in total. The molecule has 0 saturated carbocycles. The van der Waals surface area contributed by atoms with Gasteiger partial charge < -0.3 is 5.73 Å². The quantitative estimate of drug-likeness (QED) is 0.602. The van der Waals surface area contributed by atoms with Gasteiger partial charge in [-0.15, -0.1) is 6.42 Å². The van der Waals surface area contributed by atoms with Crippen molar-refractivity contribution in [3.05, 3.63) is 0 Å². The molecule has 0 aromatic carbocycles. The molecule has 0 fully saturated rings. The van der Waals surface area contributed by atoms with Crippen LogP contribution < -0.4 is 5.73 Å². The molecule has 0 aromatic heterocycles. The lowest BCUT2D eigenvalue weighted by Crippen LogP contribution is -2.32. The van der Waals surface area contributed by atoms with Gasteiger partial charge >= 0.3 is 0 Å². The van der Waals surface area contributed by atoms with Crippen LogP contribution in [0.5, 0.6) is 0 Å². The summed E-state index contributed by atoms with van der Waals surface area (Å²) < 4.78 is 21.4. The highest BCUT2D eigenvalue weighted by molar-refractivity contribution is 7.90. The zero-order valence-electron chi connectivity index (χ0n) is 7.49. The molecule has 0 saturated heterocycles. The van der Waals surface area contributed by atoms with E-state index in [1.165, 1.54) is 0 Å². The van der Waals surface area contributed by atoms with E-state index >= 15 is 0 Å². The molecule has 0 aliphatic heterocycles. The number of carbonyl (C=O) groups excluding carboxylic acids is 1. The topological polar surface area (TPSA) is 77.2 Å². The van der Waals surface area contributed by atoms with Crippen LogP contribution in [0.15, 0.2) is 0 Å². The van der Waals surface area contributed by atoms with Crippen molar-refractivity contribution < 1.29 is 13.2 Å². The number of Topliss-reactive ketones (excluding diaryl/α,β-unsaturated/α-hetero) is 1. The highest BCUT2D eigenvalue weighted by Gasteiger charge is 2.14. The molecule has 13 heavy (non-hydrogen) atoms. The molecule has 0 spiro atoms. The molecule has 0 aliphatic rings. The summed E-state index contributed by atoms with van der Waals surface area (Å²) in [5.74, 6) is 1.80. The molecule has 0 radical (unpaired) electrons. The fourth-order valence-corrected chi connectivity index (χ4v) is 1.42. The Hall–Kier alpha value is -0.860. The molecule has 0 amide bonds. The van der Waals surface area contributed by atoms with E-state index in [0.29, 0.717) is 0 Å². The Morgan fingerprint density at radius 3 is 2.54 bits per heavy atom. The summed E-state index contributed by atoms with van der Waals surface area (Å²) in [6.07, 6.45) is 6.11. The van der Waals surface area contributed by atoms with Crippen molar-refractivity contribution >= 4 is 15.6 Å². The maximum absolute atomic E-state index is 11.0. The second-order valence-corrected chi connectivity index (χ2v) is 5.13. The van der Waals surface area contributed by atoms with E-state index in [-0.39, 0.29) is 24.4 Å². The number of hydrogen-bond acceptors (Lipinski definition) is 4. The van der Waals surface area contributed by atoms with E-state index < -0.39 is 15.9 Å². The van der Waals surface area contributed by atoms with Gasteiger partial charge in [-0.1, -0.05) is 5.92 Å². The average molecular weight is 203 g/mol. The van der Waals surface area contributed by atoms with Crippen LogP contribution in [0, 0.1) is 12.3 Å². The van der Waals surface area contributed by atoms with Gasteiger partial charge in [-0.3, -0.25) is 4.79 Å². The monoisotopic (exact) mass is 203 g/mol. The predicted octanol–water partition coefficient (Wildman–Crippen LogP) is -0.659. The van der Waals surface area contributed by atoms with Gasteiger partial charge in [-0.2, -0.15) is 0 Å². The Kier molecular flexibility index (Phi) is 4.67. The number of nitrogens with two attached hydrogens (primary N) is 1. The van der Waals surface area contributed by atoms with Crippen molar-refractivity contribution in [1.29, 1.82) is 0 Å². The minimum Gasteiger partial charge on any atom is -0.321 e. The van der Waals surface area contributed by atoms with Crippen LogP contribution >= 0.6 is 0 Å². The Morgan fingerprint density at radius 2 is 2.15 bits per heavy atom. The summed E-state index contributed by atoms with van der Waals surface area (Å²) >= 11 is 0. The second kappa shape index (κ2) is 5.00. The summed E-state index contributed by atoms with van der Waals surface area (Å²) in [6.45, 7) is 0. The van der Waals surface area contributed by atoms with Crippen molar-refractivity contribution in [2.45, 2.75) is 18.9 Å². The number of ketones is 1. The average Bonchev–Trinajstić information content (AvgIpc) is 1.99. The smallest absolute Gasteiger partial charge is 0.161 e. The van der Waals surface area contributed by atoms with Crippen LogP contribution in [-0.2, 0) is 14.6 Å². The Labute approximate surface area is 78.4 Å². The first kappa shape index (κ1) is 12.1. The lowest BCUT2D eigenvalue weighted by Gasteiger charge is -2.06. The van der Waals surface area contributed by atoms with Crippen molar-refractivity contribution in [3.8, 4) is 12.3 Å². The zero-order valence-corrected chi connectivity index (χ0v) is 8.30. The molecular weight excluding hydrogens is 190 g/mol. The highest BCUT2D eigenvalue weighted by atomic mass is 32.2. The van der Waals surface area contributed by atoms with Crippen molar-refractivity contribution in [1.82, 2.24) is 0 Å². The van der Waals surface area contributed by atoms with Crippen LogP contribution in [0.3, 0.4) is 0 Å². The van der Waals surface area contributed by atoms with Crippen LogP contribution in [0.4, 0.5) is 0 Å². The van der Waals surface area contributed by atoms with E-state index in [0.717, 1.165) is 6.26 Å². The van der Waals surface area contributed by atoms with Crippen LogP contribution in [-0.4, -0.2) is 32.3 Å². The summed E-state index contributed by atoms with van der Waals surface area (Å²) in [5, 5.41) is 0. The van der Waals surface area contributed by atoms with Crippen molar-refractivity contribution in [3.63, 3.8) is 0 Å². The van der Waals surface area contributed by atoms with Gasteiger partial charge in [0.1, 0.15) is 9.84 Å². The number of hydrogen-bond donors (Lipinski definition) is 1. The summed E-state index contributed by atoms with van der Waals surface area (Å²) in [7, 11) is -3.05. The van der Waals surface area contributed by atoms with Gasteiger partial charge in [-0.05, 0) is 6.42 Å². The summed E-state index contributed by atoms with van der Waals surface area (Å²) in [5.41, 5.74) is 5.40. The molecule has 0 aliphatic carbocycles. The van der Waals surface area contributed by atoms with Crippen LogP contribution in [0.2, 0.25) is 0 Å². The third kappa shape index (κ3) is 6.31. The van der Waals surface area contributed by atoms with Gasteiger partial charge in [0.2, 0.25) is 0 Å². The normalized spacial score (nSPS) is 13.3. The van der Waals surface area contributed by atoms with E-state index in [4.69, 9.17) is 12.2 Å². The first-order valence-electron chi connectivity index (χ1n) is 3.76. The first-order chi connectivity index (χ1) is 5.87. The molecule has 74 valence electrons. The van der Waals surface area contributed by atoms with E-state index in [9.17, 15) is 13.2 Å². The van der Waals surface area contributed by atoms with Crippen molar-refractivity contribution in [2.24, 2.45) is 5.73 Å². The Morgan fingerprint density at radius 1 is 1.62 bits per heavy atom. The number of terminal acetylenes is 1. The number of rotatable bonds is 5. The molecule has 0 aromatic rings. The molecule has 1 atom stereocenters. The Bertz CT molecular complexity index is 313. The largest absolute Gasteiger partial charge is 0.321 e. The predicted molar refractivity (Wildman–Crippen MR) is 50.8 cm³/mol. The SMILES string of the molecule is C#CCC(=O)C(N)CCS(C)(=O)=O. The zero-order chi connectivity index (χ0) is 10.5. The molecule has 0 bridgehead atoms. The third-order valence-corrected chi connectivity index (χ3v) is 2.47. The maximum atomic E-state index is 11.0. The molecule has 2 N–H and O–H groups in total. The molecule has 1 unspecified atom stereocenters. The molecular formula is C8H13NO3S.